The van der Waals surface area contributed by atoms with Gasteiger partial charge in [-0.25, -0.2) is 0 Å². The average Bonchev–Trinajstić information content (AvgIpc) is 2.41. The van der Waals surface area contributed by atoms with E-state index in [0.29, 0.717) is 6.04 Å². The van der Waals surface area contributed by atoms with Crippen LogP contribution in [0.15, 0.2) is 24.5 Å². The Morgan fingerprint density at radius 3 is 2.75 bits per heavy atom. The van der Waals surface area contributed by atoms with Crippen molar-refractivity contribution in [2.75, 3.05) is 13.1 Å². The summed E-state index contributed by atoms with van der Waals surface area (Å²) in [5.41, 5.74) is 0.987. The SMILES string of the molecule is CC(C(=O)N1CCNC(C)C1C)c1cccnc1.Cl.Cl. The molecule has 20 heavy (non-hydrogen) atoms. The molecule has 6 heteroatoms. The van der Waals surface area contributed by atoms with E-state index < -0.39 is 0 Å². The molecular weight excluding hydrogens is 297 g/mol. The van der Waals surface area contributed by atoms with Crippen LogP contribution in [0.2, 0.25) is 0 Å². The van der Waals surface area contributed by atoms with Gasteiger partial charge in [0.1, 0.15) is 0 Å². The fraction of sp³-hybridized carbons (Fsp3) is 0.571. The molecule has 1 aliphatic rings. The lowest BCUT2D eigenvalue weighted by Crippen LogP contribution is -2.57. The van der Waals surface area contributed by atoms with Gasteiger partial charge < -0.3 is 10.2 Å². The highest BCUT2D eigenvalue weighted by Crippen LogP contribution is 2.20. The summed E-state index contributed by atoms with van der Waals surface area (Å²) in [6, 6.07) is 4.43. The van der Waals surface area contributed by atoms with Crippen molar-refractivity contribution in [3.63, 3.8) is 0 Å². The minimum atomic E-state index is -0.119. The van der Waals surface area contributed by atoms with Crippen molar-refractivity contribution >= 4 is 30.7 Å². The molecule has 0 aromatic carbocycles. The van der Waals surface area contributed by atoms with Crippen LogP contribution in [0.3, 0.4) is 0 Å². The van der Waals surface area contributed by atoms with Crippen molar-refractivity contribution in [1.82, 2.24) is 15.2 Å². The van der Waals surface area contributed by atoms with Crippen molar-refractivity contribution in [2.24, 2.45) is 0 Å². The Kier molecular flexibility index (Phi) is 8.09. The Bertz CT molecular complexity index is 416. The van der Waals surface area contributed by atoms with Crippen LogP contribution >= 0.6 is 24.8 Å². The number of halogens is 2. The summed E-state index contributed by atoms with van der Waals surface area (Å²) >= 11 is 0. The molecule has 2 heterocycles. The van der Waals surface area contributed by atoms with Gasteiger partial charge in [-0.3, -0.25) is 9.78 Å². The molecule has 0 radical (unpaired) electrons. The zero-order chi connectivity index (χ0) is 13.1. The molecule has 0 aliphatic carbocycles. The number of nitrogens with one attached hydrogen (secondary N) is 1. The van der Waals surface area contributed by atoms with Crippen LogP contribution in [0.1, 0.15) is 32.3 Å². The maximum absolute atomic E-state index is 12.5. The molecule has 1 aromatic heterocycles. The van der Waals surface area contributed by atoms with Crippen molar-refractivity contribution < 1.29 is 4.79 Å². The second kappa shape index (κ2) is 8.45. The van der Waals surface area contributed by atoms with E-state index in [-0.39, 0.29) is 42.7 Å². The Balaban J connectivity index is 0.00000180. The van der Waals surface area contributed by atoms with Gasteiger partial charge in [0.2, 0.25) is 5.91 Å². The van der Waals surface area contributed by atoms with E-state index in [0.717, 1.165) is 18.7 Å². The third kappa shape index (κ3) is 4.08. The molecule has 1 fully saturated rings. The van der Waals surface area contributed by atoms with E-state index in [1.165, 1.54) is 0 Å². The van der Waals surface area contributed by atoms with Crippen molar-refractivity contribution in [2.45, 2.75) is 38.8 Å². The minimum Gasteiger partial charge on any atom is -0.337 e. The van der Waals surface area contributed by atoms with Crippen LogP contribution in [0.4, 0.5) is 0 Å². The Morgan fingerprint density at radius 1 is 1.45 bits per heavy atom. The van der Waals surface area contributed by atoms with Crippen molar-refractivity contribution in [1.29, 1.82) is 0 Å². The lowest BCUT2D eigenvalue weighted by molar-refractivity contribution is -0.136. The van der Waals surface area contributed by atoms with Crippen LogP contribution in [0.5, 0.6) is 0 Å². The van der Waals surface area contributed by atoms with Crippen LogP contribution < -0.4 is 5.32 Å². The van der Waals surface area contributed by atoms with Gasteiger partial charge in [-0.1, -0.05) is 6.07 Å². The van der Waals surface area contributed by atoms with Gasteiger partial charge in [0.25, 0.3) is 0 Å². The third-order valence-electron chi connectivity index (χ3n) is 3.87. The normalized spacial score (nSPS) is 23.2. The van der Waals surface area contributed by atoms with Crippen LogP contribution in [-0.2, 0) is 4.79 Å². The van der Waals surface area contributed by atoms with Crippen LogP contribution in [-0.4, -0.2) is 41.0 Å². The fourth-order valence-electron chi connectivity index (χ4n) is 2.39. The van der Waals surface area contributed by atoms with E-state index in [1.807, 2.05) is 24.0 Å². The van der Waals surface area contributed by atoms with Crippen molar-refractivity contribution in [3.8, 4) is 0 Å². The lowest BCUT2D eigenvalue weighted by atomic mass is 9.98. The number of hydrogen-bond donors (Lipinski definition) is 1. The summed E-state index contributed by atoms with van der Waals surface area (Å²) < 4.78 is 0. The molecule has 0 saturated carbocycles. The minimum absolute atomic E-state index is 0. The summed E-state index contributed by atoms with van der Waals surface area (Å²) in [5.74, 6) is 0.0790. The number of aromatic nitrogens is 1. The van der Waals surface area contributed by atoms with Crippen LogP contribution in [0.25, 0.3) is 0 Å². The molecular formula is C14H23Cl2N3O. The monoisotopic (exact) mass is 319 g/mol. The number of hydrogen-bond acceptors (Lipinski definition) is 3. The first-order valence-electron chi connectivity index (χ1n) is 6.55. The standard InChI is InChI=1S/C14H21N3O.2ClH/c1-10(13-5-4-6-15-9-13)14(18)17-8-7-16-11(2)12(17)3;;/h4-6,9-12,16H,7-8H2,1-3H3;2*1H. The second-order valence-electron chi connectivity index (χ2n) is 5.02. The molecule has 1 saturated heterocycles. The number of amides is 1. The number of nitrogens with zero attached hydrogens (tertiary/aromatic N) is 2. The van der Waals surface area contributed by atoms with Crippen molar-refractivity contribution in [3.05, 3.63) is 30.1 Å². The van der Waals surface area contributed by atoms with Crippen LogP contribution in [0, 0.1) is 0 Å². The summed E-state index contributed by atoms with van der Waals surface area (Å²) in [4.78, 5) is 18.6. The van der Waals surface area contributed by atoms with Gasteiger partial charge in [-0.2, -0.15) is 0 Å². The average molecular weight is 320 g/mol. The maximum atomic E-state index is 12.5. The molecule has 3 atom stereocenters. The van der Waals surface area contributed by atoms with Gasteiger partial charge in [0.05, 0.1) is 5.92 Å². The smallest absolute Gasteiger partial charge is 0.230 e. The van der Waals surface area contributed by atoms with Gasteiger partial charge in [-0.15, -0.1) is 24.8 Å². The summed E-state index contributed by atoms with van der Waals surface area (Å²) in [6.45, 7) is 7.84. The van der Waals surface area contributed by atoms with E-state index in [1.54, 1.807) is 12.4 Å². The van der Waals surface area contributed by atoms with E-state index in [2.05, 4.69) is 24.1 Å². The number of piperazine rings is 1. The fourth-order valence-corrected chi connectivity index (χ4v) is 2.39. The topological polar surface area (TPSA) is 45.2 Å². The molecule has 1 aromatic rings. The van der Waals surface area contributed by atoms with Gasteiger partial charge in [-0.05, 0) is 32.4 Å². The molecule has 0 spiro atoms. The highest BCUT2D eigenvalue weighted by Gasteiger charge is 2.31. The molecule has 4 nitrogen and oxygen atoms in total. The lowest BCUT2D eigenvalue weighted by Gasteiger charge is -2.39. The number of rotatable bonds is 2. The molecule has 3 unspecified atom stereocenters. The third-order valence-corrected chi connectivity index (χ3v) is 3.87. The summed E-state index contributed by atoms with van der Waals surface area (Å²) in [6.07, 6.45) is 3.51. The Hall–Kier alpha value is -0.840. The summed E-state index contributed by atoms with van der Waals surface area (Å²) in [5, 5.41) is 3.39. The predicted molar refractivity (Wildman–Crippen MR) is 85.8 cm³/mol. The maximum Gasteiger partial charge on any atom is 0.230 e. The van der Waals surface area contributed by atoms with Gasteiger partial charge in [0.15, 0.2) is 0 Å². The first-order valence-corrected chi connectivity index (χ1v) is 6.55. The van der Waals surface area contributed by atoms with E-state index >= 15 is 0 Å². The Labute approximate surface area is 133 Å². The zero-order valence-corrected chi connectivity index (χ0v) is 13.7. The molecule has 1 aliphatic heterocycles. The highest BCUT2D eigenvalue weighted by molar-refractivity contribution is 5.85. The second-order valence-corrected chi connectivity index (χ2v) is 5.02. The van der Waals surface area contributed by atoms with Gasteiger partial charge >= 0.3 is 0 Å². The molecule has 0 bridgehead atoms. The first kappa shape index (κ1) is 19.2. The van der Waals surface area contributed by atoms with E-state index in [9.17, 15) is 4.79 Å². The first-order chi connectivity index (χ1) is 8.61. The number of pyridine rings is 1. The highest BCUT2D eigenvalue weighted by atomic mass is 35.5. The molecule has 1 amide bonds. The summed E-state index contributed by atoms with van der Waals surface area (Å²) in [7, 11) is 0. The molecule has 2 rings (SSSR count). The number of carbonyl (C=O) groups excluding carboxylic acids is 1. The largest absolute Gasteiger partial charge is 0.337 e. The zero-order valence-electron chi connectivity index (χ0n) is 12.1. The quantitative estimate of drug-likeness (QED) is 0.909. The predicted octanol–water partition coefficient (Wildman–Crippen LogP) is 2.24. The van der Waals surface area contributed by atoms with E-state index in [4.69, 9.17) is 0 Å². The number of carbonyl (C=O) groups is 1. The molecule has 1 N–H and O–H groups in total. The van der Waals surface area contributed by atoms with Gasteiger partial charge in [0, 0.05) is 37.6 Å². The Morgan fingerprint density at radius 2 is 2.15 bits per heavy atom. The molecule has 114 valence electrons.